The molecule has 0 radical (unpaired) electrons. The van der Waals surface area contributed by atoms with Crippen molar-refractivity contribution in [2.45, 2.75) is 12.0 Å². The van der Waals surface area contributed by atoms with Gasteiger partial charge in [-0.2, -0.15) is 0 Å². The minimum Gasteiger partial charge on any atom is -0.481 e. The predicted octanol–water partition coefficient (Wildman–Crippen LogP) is 4.51. The fraction of sp³-hybridized carbons (Fsp3) is 0.167. The maximum atomic E-state index is 12.8. The summed E-state index contributed by atoms with van der Waals surface area (Å²) in [5.74, 6) is -3.76. The summed E-state index contributed by atoms with van der Waals surface area (Å²) in [5, 5.41) is 9.65. The van der Waals surface area contributed by atoms with E-state index in [1.165, 1.54) is 0 Å². The van der Waals surface area contributed by atoms with Crippen molar-refractivity contribution in [1.29, 1.82) is 0 Å². The molecule has 3 aromatic carbocycles. The van der Waals surface area contributed by atoms with Crippen LogP contribution < -0.4 is 5.73 Å². The number of rotatable bonds is 6. The van der Waals surface area contributed by atoms with Gasteiger partial charge in [0.25, 0.3) is 0 Å². The van der Waals surface area contributed by atoms with Crippen LogP contribution in [-0.4, -0.2) is 23.7 Å². The van der Waals surface area contributed by atoms with Crippen molar-refractivity contribution in [1.82, 2.24) is 0 Å². The molecule has 0 aliphatic heterocycles. The Morgan fingerprint density at radius 2 is 1.47 bits per heavy atom. The first-order valence-electron chi connectivity index (χ1n) is 9.56. The fourth-order valence-electron chi connectivity index (χ4n) is 3.97. The lowest BCUT2D eigenvalue weighted by Crippen LogP contribution is -2.36. The lowest BCUT2D eigenvalue weighted by Gasteiger charge is -2.21. The molecule has 1 aliphatic carbocycles. The summed E-state index contributed by atoms with van der Waals surface area (Å²) in [4.78, 5) is 24.6. The first kappa shape index (κ1) is 20.3. The summed E-state index contributed by atoms with van der Waals surface area (Å²) in [5.41, 5.74) is 11.0. The van der Waals surface area contributed by atoms with Gasteiger partial charge in [-0.3, -0.25) is 9.59 Å². The van der Waals surface area contributed by atoms with Crippen LogP contribution in [0.25, 0.3) is 11.1 Å². The predicted molar refractivity (Wildman–Crippen MR) is 117 cm³/mol. The van der Waals surface area contributed by atoms with Crippen molar-refractivity contribution in [2.75, 3.05) is 6.61 Å². The summed E-state index contributed by atoms with van der Waals surface area (Å²) in [6.45, 7) is 0.0592. The zero-order valence-electron chi connectivity index (χ0n) is 16.0. The molecule has 2 atom stereocenters. The van der Waals surface area contributed by atoms with Gasteiger partial charge in [0.1, 0.15) is 6.61 Å². The number of esters is 1. The lowest BCUT2D eigenvalue weighted by molar-refractivity contribution is -0.160. The van der Waals surface area contributed by atoms with Gasteiger partial charge in [0.05, 0.1) is 6.04 Å². The minimum absolute atomic E-state index is 0.0592. The molecule has 1 aliphatic rings. The molecule has 152 valence electrons. The van der Waals surface area contributed by atoms with E-state index in [0.29, 0.717) is 5.56 Å². The van der Waals surface area contributed by atoms with Crippen LogP contribution in [0.15, 0.2) is 77.3 Å². The molecule has 3 N–H and O–H groups in total. The van der Waals surface area contributed by atoms with E-state index in [-0.39, 0.29) is 12.5 Å². The number of carboxylic acids is 1. The Kier molecular flexibility index (Phi) is 5.70. The second-order valence-corrected chi connectivity index (χ2v) is 8.17. The standard InChI is InChI=1S/C24H20BrNO4/c25-15-11-9-14(10-12-15)22(26)21(23(27)28)24(29)30-13-20-18-7-3-1-5-16(18)17-6-2-4-8-19(17)20/h1-12,20-22H,13,26H2,(H,27,28)/t21-,22-/m1/s1. The van der Waals surface area contributed by atoms with Gasteiger partial charge >= 0.3 is 11.9 Å². The number of carbonyl (C=O) groups excluding carboxylic acids is 1. The average Bonchev–Trinajstić information content (AvgIpc) is 3.06. The van der Waals surface area contributed by atoms with Crippen LogP contribution in [0.1, 0.15) is 28.7 Å². The number of fused-ring (bicyclic) bond motifs is 3. The summed E-state index contributed by atoms with van der Waals surface area (Å²) < 4.78 is 6.36. The summed E-state index contributed by atoms with van der Waals surface area (Å²) in [6.07, 6.45) is 0. The van der Waals surface area contributed by atoms with Gasteiger partial charge in [0, 0.05) is 10.4 Å². The molecular formula is C24H20BrNO4. The maximum Gasteiger partial charge on any atom is 0.322 e. The van der Waals surface area contributed by atoms with Gasteiger partial charge in [-0.1, -0.05) is 76.6 Å². The third kappa shape index (κ3) is 3.76. The number of ether oxygens (including phenoxy) is 1. The number of hydrogen-bond donors (Lipinski definition) is 2. The number of carbonyl (C=O) groups is 2. The summed E-state index contributed by atoms with van der Waals surface area (Å²) >= 11 is 3.33. The number of aliphatic carboxylic acids is 1. The van der Waals surface area contributed by atoms with Crippen LogP contribution in [0.4, 0.5) is 0 Å². The van der Waals surface area contributed by atoms with Crippen LogP contribution in [-0.2, 0) is 14.3 Å². The Balaban J connectivity index is 1.54. The zero-order valence-corrected chi connectivity index (χ0v) is 17.6. The molecule has 0 bridgehead atoms. The Hall–Kier alpha value is -2.96. The summed E-state index contributed by atoms with van der Waals surface area (Å²) in [6, 6.07) is 21.8. The van der Waals surface area contributed by atoms with E-state index in [0.717, 1.165) is 26.7 Å². The molecule has 4 rings (SSSR count). The van der Waals surface area contributed by atoms with E-state index in [4.69, 9.17) is 10.5 Å². The third-order valence-corrected chi connectivity index (χ3v) is 6.02. The van der Waals surface area contributed by atoms with Crippen molar-refractivity contribution >= 4 is 27.9 Å². The van der Waals surface area contributed by atoms with Crippen molar-refractivity contribution in [3.8, 4) is 11.1 Å². The van der Waals surface area contributed by atoms with E-state index in [1.807, 2.05) is 48.5 Å². The van der Waals surface area contributed by atoms with Gasteiger partial charge in [0.15, 0.2) is 5.92 Å². The smallest absolute Gasteiger partial charge is 0.322 e. The lowest BCUT2D eigenvalue weighted by atomic mass is 9.93. The molecule has 0 saturated carbocycles. The number of halogens is 1. The highest BCUT2D eigenvalue weighted by molar-refractivity contribution is 9.10. The number of nitrogens with two attached hydrogens (primary N) is 1. The second-order valence-electron chi connectivity index (χ2n) is 7.25. The van der Waals surface area contributed by atoms with Crippen LogP contribution >= 0.6 is 15.9 Å². The third-order valence-electron chi connectivity index (χ3n) is 5.49. The average molecular weight is 466 g/mol. The first-order valence-corrected chi connectivity index (χ1v) is 10.4. The molecule has 0 unspecified atom stereocenters. The van der Waals surface area contributed by atoms with Crippen molar-refractivity contribution in [3.63, 3.8) is 0 Å². The van der Waals surface area contributed by atoms with Crippen LogP contribution in [0.5, 0.6) is 0 Å². The molecule has 0 fully saturated rings. The highest BCUT2D eigenvalue weighted by Gasteiger charge is 2.37. The summed E-state index contributed by atoms with van der Waals surface area (Å²) in [7, 11) is 0. The minimum atomic E-state index is -1.49. The number of carboxylic acid groups (broad SMARTS) is 1. The van der Waals surface area contributed by atoms with Crippen molar-refractivity contribution in [3.05, 3.63) is 94.0 Å². The Bertz CT molecular complexity index is 1050. The second kappa shape index (κ2) is 8.42. The molecule has 0 aromatic heterocycles. The zero-order chi connectivity index (χ0) is 21.3. The van der Waals surface area contributed by atoms with Gasteiger partial charge in [0.2, 0.25) is 0 Å². The molecule has 3 aromatic rings. The van der Waals surface area contributed by atoms with E-state index < -0.39 is 23.9 Å². The van der Waals surface area contributed by atoms with Crippen LogP contribution in [0.3, 0.4) is 0 Å². The number of hydrogen-bond acceptors (Lipinski definition) is 4. The van der Waals surface area contributed by atoms with E-state index in [1.54, 1.807) is 24.3 Å². The van der Waals surface area contributed by atoms with E-state index in [9.17, 15) is 14.7 Å². The number of benzene rings is 3. The molecular weight excluding hydrogens is 446 g/mol. The van der Waals surface area contributed by atoms with Gasteiger partial charge in [-0.25, -0.2) is 0 Å². The highest BCUT2D eigenvalue weighted by atomic mass is 79.9. The van der Waals surface area contributed by atoms with Gasteiger partial charge in [-0.15, -0.1) is 0 Å². The molecule has 0 amide bonds. The molecule has 0 heterocycles. The topological polar surface area (TPSA) is 89.6 Å². The largest absolute Gasteiger partial charge is 0.481 e. The van der Waals surface area contributed by atoms with Crippen LogP contribution in [0.2, 0.25) is 0 Å². The van der Waals surface area contributed by atoms with E-state index >= 15 is 0 Å². The molecule has 6 heteroatoms. The fourth-order valence-corrected chi connectivity index (χ4v) is 4.24. The van der Waals surface area contributed by atoms with Crippen molar-refractivity contribution < 1.29 is 19.4 Å². The SMILES string of the molecule is N[C@H](c1ccc(Br)cc1)[C@H](C(=O)O)C(=O)OCC1c2ccccc2-c2ccccc21. The maximum absolute atomic E-state index is 12.8. The first-order chi connectivity index (χ1) is 14.5. The monoisotopic (exact) mass is 465 g/mol. The highest BCUT2D eigenvalue weighted by Crippen LogP contribution is 2.44. The Labute approximate surface area is 182 Å². The molecule has 5 nitrogen and oxygen atoms in total. The van der Waals surface area contributed by atoms with E-state index in [2.05, 4.69) is 15.9 Å². The van der Waals surface area contributed by atoms with Crippen molar-refractivity contribution in [2.24, 2.45) is 11.7 Å². The molecule has 30 heavy (non-hydrogen) atoms. The molecule has 0 spiro atoms. The van der Waals surface area contributed by atoms with Gasteiger partial charge in [-0.05, 0) is 39.9 Å². The molecule has 0 saturated heterocycles. The normalized spacial score (nSPS) is 14.5. The quantitative estimate of drug-likeness (QED) is 0.412. The van der Waals surface area contributed by atoms with Crippen LogP contribution in [0, 0.1) is 5.92 Å². The Morgan fingerprint density at radius 1 is 0.933 bits per heavy atom. The van der Waals surface area contributed by atoms with Gasteiger partial charge < -0.3 is 15.6 Å². The Morgan fingerprint density at radius 3 is 2.00 bits per heavy atom.